The summed E-state index contributed by atoms with van der Waals surface area (Å²) in [6, 6.07) is 19.7. The highest BCUT2D eigenvalue weighted by Gasteiger charge is 2.31. The average molecular weight is 407 g/mol. The molecule has 1 aliphatic rings. The third-order valence-corrected chi connectivity index (χ3v) is 5.93. The number of carbonyl (C=O) groups is 1. The Morgan fingerprint density at radius 2 is 1.89 bits per heavy atom. The van der Waals surface area contributed by atoms with E-state index in [4.69, 9.17) is 17.0 Å². The molecular weight excluding hydrogens is 388 g/mol. The van der Waals surface area contributed by atoms with Gasteiger partial charge in [0.25, 0.3) is 5.91 Å². The summed E-state index contributed by atoms with van der Waals surface area (Å²) in [7, 11) is 1.64. The van der Waals surface area contributed by atoms with Gasteiger partial charge in [0.2, 0.25) is 0 Å². The van der Waals surface area contributed by atoms with Gasteiger partial charge < -0.3 is 4.74 Å². The van der Waals surface area contributed by atoms with Gasteiger partial charge >= 0.3 is 0 Å². The normalized spacial score (nSPS) is 15.6. The fraction of sp³-hybridized carbons (Fsp3) is 0.136. The number of ether oxygens (including phenoxy) is 1. The molecule has 0 N–H and O–H groups in total. The Labute approximate surface area is 173 Å². The molecule has 4 nitrogen and oxygen atoms in total. The van der Waals surface area contributed by atoms with Gasteiger partial charge in [-0.1, -0.05) is 60.4 Å². The van der Waals surface area contributed by atoms with Gasteiger partial charge in [-0.05, 0) is 42.3 Å². The van der Waals surface area contributed by atoms with E-state index in [0.29, 0.717) is 15.8 Å². The summed E-state index contributed by atoms with van der Waals surface area (Å²) in [6.45, 7) is 0.555. The van der Waals surface area contributed by atoms with Crippen LogP contribution >= 0.6 is 24.0 Å². The molecule has 1 fully saturated rings. The first-order valence-electron chi connectivity index (χ1n) is 8.88. The minimum atomic E-state index is -0.0570. The summed E-state index contributed by atoms with van der Waals surface area (Å²) in [5.74, 6) is 0.763. The average Bonchev–Trinajstić information content (AvgIpc) is 2.99. The largest absolute Gasteiger partial charge is 0.497 e. The molecule has 0 bridgehead atoms. The Balaban J connectivity index is 1.48. The minimum absolute atomic E-state index is 0.0570. The van der Waals surface area contributed by atoms with Crippen molar-refractivity contribution < 1.29 is 9.53 Å². The second-order valence-corrected chi connectivity index (χ2v) is 8.04. The van der Waals surface area contributed by atoms with E-state index in [2.05, 4.69) is 4.98 Å². The number of amides is 1. The Bertz CT molecular complexity index is 1080. The van der Waals surface area contributed by atoms with Crippen molar-refractivity contribution in [2.45, 2.75) is 6.42 Å². The molecule has 6 heteroatoms. The van der Waals surface area contributed by atoms with Crippen molar-refractivity contribution in [3.05, 3.63) is 76.8 Å². The number of rotatable bonds is 5. The first-order valence-corrected chi connectivity index (χ1v) is 10.1. The van der Waals surface area contributed by atoms with Gasteiger partial charge in [0.15, 0.2) is 0 Å². The molecule has 2 heterocycles. The lowest BCUT2D eigenvalue weighted by molar-refractivity contribution is -0.122. The fourth-order valence-electron chi connectivity index (χ4n) is 3.02. The van der Waals surface area contributed by atoms with Gasteiger partial charge in [-0.15, -0.1) is 0 Å². The van der Waals surface area contributed by atoms with Gasteiger partial charge in [-0.25, -0.2) is 4.98 Å². The Kier molecular flexibility index (Phi) is 5.41. The first-order chi connectivity index (χ1) is 13.6. The minimum Gasteiger partial charge on any atom is -0.497 e. The molecule has 1 saturated heterocycles. The molecule has 4 rings (SSSR count). The summed E-state index contributed by atoms with van der Waals surface area (Å²) >= 11 is 6.76. The summed E-state index contributed by atoms with van der Waals surface area (Å²) in [4.78, 5) is 19.7. The van der Waals surface area contributed by atoms with Crippen molar-refractivity contribution in [1.82, 2.24) is 9.88 Å². The van der Waals surface area contributed by atoms with E-state index in [1.807, 2.05) is 66.7 Å². The summed E-state index contributed by atoms with van der Waals surface area (Å²) in [5, 5.41) is 1.08. The van der Waals surface area contributed by atoms with E-state index in [1.165, 1.54) is 11.8 Å². The maximum absolute atomic E-state index is 12.8. The number of aromatic nitrogens is 1. The van der Waals surface area contributed by atoms with E-state index in [0.717, 1.165) is 34.3 Å². The number of thioether (sulfide) groups is 1. The molecule has 0 unspecified atom stereocenters. The Hall–Kier alpha value is -2.70. The van der Waals surface area contributed by atoms with Gasteiger partial charge in [0.1, 0.15) is 10.1 Å². The molecule has 0 aliphatic carbocycles. The van der Waals surface area contributed by atoms with Crippen LogP contribution in [0.5, 0.6) is 5.75 Å². The standard InChI is InChI=1S/C22H18N2O2S2/c1-26-18-10-6-15(7-11-18)12-13-24-21(25)20(28-22(24)27)14-17-9-8-16-4-2-3-5-19(16)23-17/h2-11,14H,12-13H2,1H3. The zero-order chi connectivity index (χ0) is 19.5. The molecule has 1 aliphatic heterocycles. The monoisotopic (exact) mass is 406 g/mol. The van der Waals surface area contributed by atoms with Crippen LogP contribution < -0.4 is 4.74 Å². The summed E-state index contributed by atoms with van der Waals surface area (Å²) in [5.41, 5.74) is 2.80. The van der Waals surface area contributed by atoms with Crippen LogP contribution in [0, 0.1) is 0 Å². The second-order valence-electron chi connectivity index (χ2n) is 6.36. The lowest BCUT2D eigenvalue weighted by atomic mass is 10.1. The van der Waals surface area contributed by atoms with Crippen LogP contribution in [0.25, 0.3) is 17.0 Å². The van der Waals surface area contributed by atoms with Crippen LogP contribution in [-0.2, 0) is 11.2 Å². The third kappa shape index (κ3) is 3.93. The fourth-order valence-corrected chi connectivity index (χ4v) is 4.32. The smallest absolute Gasteiger partial charge is 0.266 e. The molecule has 140 valence electrons. The van der Waals surface area contributed by atoms with Crippen molar-refractivity contribution in [1.29, 1.82) is 0 Å². The highest BCUT2D eigenvalue weighted by molar-refractivity contribution is 8.26. The topological polar surface area (TPSA) is 42.4 Å². The van der Waals surface area contributed by atoms with E-state index in [-0.39, 0.29) is 5.91 Å². The first kappa shape index (κ1) is 18.7. The number of benzene rings is 2. The van der Waals surface area contributed by atoms with Gasteiger partial charge in [-0.2, -0.15) is 0 Å². The lowest BCUT2D eigenvalue weighted by Crippen LogP contribution is -2.30. The molecule has 3 aromatic rings. The van der Waals surface area contributed by atoms with E-state index < -0.39 is 0 Å². The van der Waals surface area contributed by atoms with E-state index in [9.17, 15) is 4.79 Å². The second kappa shape index (κ2) is 8.12. The number of nitrogens with zero attached hydrogens (tertiary/aromatic N) is 2. The van der Waals surface area contributed by atoms with Crippen molar-refractivity contribution >= 4 is 51.2 Å². The highest BCUT2D eigenvalue weighted by atomic mass is 32.2. The quantitative estimate of drug-likeness (QED) is 0.454. The highest BCUT2D eigenvalue weighted by Crippen LogP contribution is 2.32. The molecular formula is C22H18N2O2S2. The Morgan fingerprint density at radius 3 is 2.68 bits per heavy atom. The number of carbonyl (C=O) groups excluding carboxylic acids is 1. The number of methoxy groups -OCH3 is 1. The number of fused-ring (bicyclic) bond motifs is 1. The number of thiocarbonyl (C=S) groups is 1. The van der Waals surface area contributed by atoms with Crippen LogP contribution in [0.3, 0.4) is 0 Å². The van der Waals surface area contributed by atoms with Crippen molar-refractivity contribution in [2.75, 3.05) is 13.7 Å². The number of pyridine rings is 1. The maximum atomic E-state index is 12.8. The van der Waals surface area contributed by atoms with Gasteiger partial charge in [0, 0.05) is 11.9 Å². The van der Waals surface area contributed by atoms with Crippen LogP contribution in [0.2, 0.25) is 0 Å². The zero-order valence-electron chi connectivity index (χ0n) is 15.3. The predicted octanol–water partition coefficient (Wildman–Crippen LogP) is 4.69. The predicted molar refractivity (Wildman–Crippen MR) is 118 cm³/mol. The molecule has 0 atom stereocenters. The molecule has 0 saturated carbocycles. The molecule has 28 heavy (non-hydrogen) atoms. The van der Waals surface area contributed by atoms with Gasteiger partial charge in [0.05, 0.1) is 23.2 Å². The van der Waals surface area contributed by atoms with Crippen LogP contribution in [0.4, 0.5) is 0 Å². The summed E-state index contributed by atoms with van der Waals surface area (Å²) < 4.78 is 5.77. The Morgan fingerprint density at radius 1 is 1.11 bits per heavy atom. The maximum Gasteiger partial charge on any atom is 0.266 e. The summed E-state index contributed by atoms with van der Waals surface area (Å²) in [6.07, 6.45) is 2.55. The zero-order valence-corrected chi connectivity index (χ0v) is 16.9. The van der Waals surface area contributed by atoms with E-state index >= 15 is 0 Å². The molecule has 0 radical (unpaired) electrons. The number of hydrogen-bond acceptors (Lipinski definition) is 5. The van der Waals surface area contributed by atoms with Crippen LogP contribution in [-0.4, -0.2) is 33.8 Å². The van der Waals surface area contributed by atoms with Gasteiger partial charge in [-0.3, -0.25) is 9.69 Å². The number of hydrogen-bond donors (Lipinski definition) is 0. The third-order valence-electron chi connectivity index (χ3n) is 4.56. The SMILES string of the molecule is COc1ccc(CCN2C(=O)C(=Cc3ccc4ccccc4n3)SC2=S)cc1. The molecule has 0 spiro atoms. The molecule has 1 aromatic heterocycles. The van der Waals surface area contributed by atoms with Crippen LogP contribution in [0.1, 0.15) is 11.3 Å². The van der Waals surface area contributed by atoms with Crippen LogP contribution in [0.15, 0.2) is 65.6 Å². The van der Waals surface area contributed by atoms with Crippen molar-refractivity contribution in [2.24, 2.45) is 0 Å². The molecule has 1 amide bonds. The van der Waals surface area contributed by atoms with Crippen molar-refractivity contribution in [3.8, 4) is 5.75 Å². The molecule has 2 aromatic carbocycles. The van der Waals surface area contributed by atoms with E-state index in [1.54, 1.807) is 12.0 Å². The number of para-hydroxylation sites is 1. The van der Waals surface area contributed by atoms with Crippen molar-refractivity contribution in [3.63, 3.8) is 0 Å². The lowest BCUT2D eigenvalue weighted by Gasteiger charge is -2.14.